The molecule has 2 aromatic carbocycles. The fraction of sp³-hybridized carbons (Fsp3) is 0.273. The monoisotopic (exact) mass is 431 g/mol. The molecule has 1 saturated heterocycles. The molecule has 2 aliphatic heterocycles. The Balaban J connectivity index is 1.72. The van der Waals surface area contributed by atoms with Gasteiger partial charge in [-0.2, -0.15) is 13.2 Å². The largest absolute Gasteiger partial charge is 0.480 e. The van der Waals surface area contributed by atoms with Crippen LogP contribution in [0.5, 0.6) is 0 Å². The van der Waals surface area contributed by atoms with Crippen molar-refractivity contribution in [2.75, 3.05) is 29.4 Å². The van der Waals surface area contributed by atoms with Gasteiger partial charge in [0.1, 0.15) is 6.04 Å². The van der Waals surface area contributed by atoms with E-state index in [-0.39, 0.29) is 19.1 Å². The van der Waals surface area contributed by atoms with Crippen LogP contribution in [0.25, 0.3) is 0 Å². The number of para-hydroxylation sites is 2. The van der Waals surface area contributed by atoms with E-state index in [4.69, 9.17) is 0 Å². The predicted molar refractivity (Wildman–Crippen MR) is 109 cm³/mol. The van der Waals surface area contributed by atoms with Gasteiger partial charge < -0.3 is 19.8 Å². The molecule has 0 unspecified atom stereocenters. The van der Waals surface area contributed by atoms with Crippen molar-refractivity contribution in [2.24, 2.45) is 0 Å². The van der Waals surface area contributed by atoms with Gasteiger partial charge in [0.05, 0.1) is 23.0 Å². The second-order valence-corrected chi connectivity index (χ2v) is 7.50. The number of amides is 1. The average molecular weight is 431 g/mol. The molecule has 6 nitrogen and oxygen atoms in total. The molecule has 31 heavy (non-hydrogen) atoms. The smallest absolute Gasteiger partial charge is 0.416 e. The molecule has 1 amide bonds. The van der Waals surface area contributed by atoms with Crippen molar-refractivity contribution >= 4 is 28.9 Å². The third-order valence-corrected chi connectivity index (χ3v) is 5.72. The third kappa shape index (κ3) is 3.71. The van der Waals surface area contributed by atoms with Gasteiger partial charge in [0.15, 0.2) is 0 Å². The Hall–Kier alpha value is -3.49. The fourth-order valence-corrected chi connectivity index (χ4v) is 4.23. The van der Waals surface area contributed by atoms with Crippen LogP contribution in [0, 0.1) is 0 Å². The van der Waals surface area contributed by atoms with Gasteiger partial charge in [-0.05, 0) is 42.5 Å². The van der Waals surface area contributed by atoms with Crippen molar-refractivity contribution in [3.8, 4) is 0 Å². The number of rotatable bonds is 3. The number of nitrogens with zero attached hydrogens (tertiary/aromatic N) is 3. The molecule has 9 heteroatoms. The first-order valence-corrected chi connectivity index (χ1v) is 9.67. The quantitative estimate of drug-likeness (QED) is 0.754. The van der Waals surface area contributed by atoms with Crippen LogP contribution in [0.15, 0.2) is 61.2 Å². The molecular weight excluding hydrogens is 411 g/mol. The van der Waals surface area contributed by atoms with Crippen LogP contribution >= 0.6 is 0 Å². The lowest BCUT2D eigenvalue weighted by Crippen LogP contribution is -2.65. The van der Waals surface area contributed by atoms with E-state index < -0.39 is 29.7 Å². The summed E-state index contributed by atoms with van der Waals surface area (Å²) in [6.45, 7) is 4.11. The summed E-state index contributed by atoms with van der Waals surface area (Å²) in [5.41, 5.74) is 1.40. The zero-order chi connectivity index (χ0) is 22.3. The van der Waals surface area contributed by atoms with E-state index in [1.165, 1.54) is 17.0 Å². The molecule has 1 N–H and O–H groups in total. The SMILES string of the molecule is C=CC(=O)N1C[C@H]2CN(c3ccc(C(F)(F)F)cc3)c3ccccc3N2C[C@@H]1C(=O)O. The number of piperazine rings is 1. The second kappa shape index (κ2) is 7.64. The summed E-state index contributed by atoms with van der Waals surface area (Å²) in [7, 11) is 0. The number of hydrogen-bond donors (Lipinski definition) is 1. The summed E-state index contributed by atoms with van der Waals surface area (Å²) in [5.74, 6) is -1.57. The Labute approximate surface area is 176 Å². The number of carboxylic acids is 1. The molecule has 0 radical (unpaired) electrons. The van der Waals surface area contributed by atoms with E-state index in [1.54, 1.807) is 0 Å². The summed E-state index contributed by atoms with van der Waals surface area (Å²) in [5, 5.41) is 9.66. The average Bonchev–Trinajstić information content (AvgIpc) is 2.76. The van der Waals surface area contributed by atoms with E-state index in [9.17, 15) is 27.9 Å². The lowest BCUT2D eigenvalue weighted by molar-refractivity contribution is -0.149. The van der Waals surface area contributed by atoms with Gasteiger partial charge in [0.25, 0.3) is 0 Å². The van der Waals surface area contributed by atoms with Crippen LogP contribution in [-0.4, -0.2) is 53.6 Å². The first-order chi connectivity index (χ1) is 14.7. The van der Waals surface area contributed by atoms with Gasteiger partial charge in [0.2, 0.25) is 5.91 Å². The number of benzene rings is 2. The first-order valence-electron chi connectivity index (χ1n) is 9.67. The summed E-state index contributed by atoms with van der Waals surface area (Å²) in [6.07, 6.45) is -3.33. The molecule has 0 saturated carbocycles. The van der Waals surface area contributed by atoms with Gasteiger partial charge in [-0.3, -0.25) is 4.79 Å². The molecule has 4 rings (SSSR count). The van der Waals surface area contributed by atoms with Gasteiger partial charge in [-0.1, -0.05) is 18.7 Å². The molecule has 0 aliphatic carbocycles. The lowest BCUT2D eigenvalue weighted by atomic mass is 9.99. The predicted octanol–water partition coefficient (Wildman–Crippen LogP) is 3.51. The third-order valence-electron chi connectivity index (χ3n) is 5.72. The number of aliphatic carboxylic acids is 1. The minimum atomic E-state index is -4.42. The first kappa shape index (κ1) is 20.8. The van der Waals surface area contributed by atoms with Crippen LogP contribution < -0.4 is 9.80 Å². The van der Waals surface area contributed by atoms with E-state index in [2.05, 4.69) is 6.58 Å². The number of anilines is 3. The number of hydrogen-bond acceptors (Lipinski definition) is 4. The molecule has 162 valence electrons. The molecule has 0 aromatic heterocycles. The topological polar surface area (TPSA) is 64.1 Å². The molecule has 2 aliphatic rings. The number of alkyl halides is 3. The molecule has 2 heterocycles. The van der Waals surface area contributed by atoms with E-state index in [1.807, 2.05) is 34.1 Å². The van der Waals surface area contributed by atoms with Crippen LogP contribution in [-0.2, 0) is 15.8 Å². The maximum absolute atomic E-state index is 13.0. The molecular formula is C22H20F3N3O3. The highest BCUT2D eigenvalue weighted by Crippen LogP contribution is 2.42. The van der Waals surface area contributed by atoms with E-state index >= 15 is 0 Å². The Morgan fingerprint density at radius 2 is 1.65 bits per heavy atom. The summed E-state index contributed by atoms with van der Waals surface area (Å²) < 4.78 is 38.9. The van der Waals surface area contributed by atoms with Gasteiger partial charge in [0, 0.05) is 25.3 Å². The van der Waals surface area contributed by atoms with Gasteiger partial charge in [-0.15, -0.1) is 0 Å². The number of carbonyl (C=O) groups is 2. The van der Waals surface area contributed by atoms with Gasteiger partial charge >= 0.3 is 12.1 Å². The highest BCUT2D eigenvalue weighted by molar-refractivity contribution is 5.92. The summed E-state index contributed by atoms with van der Waals surface area (Å²) >= 11 is 0. The standard InChI is InChI=1S/C22H20F3N3O3/c1-2-20(29)28-12-16-11-26(15-9-7-14(8-10-15)22(23,24)25)17-5-3-4-6-18(17)27(16)13-19(28)21(30)31/h2-10,16,19H,1,11-13H2,(H,30,31)/t16-,19-/m1/s1. The number of halogens is 3. The Kier molecular flexibility index (Phi) is 5.12. The normalized spacial score (nSPS) is 20.7. The minimum Gasteiger partial charge on any atom is -0.480 e. The second-order valence-electron chi connectivity index (χ2n) is 7.50. The Morgan fingerprint density at radius 1 is 1.00 bits per heavy atom. The van der Waals surface area contributed by atoms with Crippen molar-refractivity contribution in [3.63, 3.8) is 0 Å². The van der Waals surface area contributed by atoms with Crippen LogP contribution in [0.1, 0.15) is 5.56 Å². The lowest BCUT2D eigenvalue weighted by Gasteiger charge is -2.51. The van der Waals surface area contributed by atoms with Crippen LogP contribution in [0.2, 0.25) is 0 Å². The minimum absolute atomic E-state index is 0.109. The fourth-order valence-electron chi connectivity index (χ4n) is 4.23. The summed E-state index contributed by atoms with van der Waals surface area (Å²) in [6, 6.07) is 11.0. The zero-order valence-corrected chi connectivity index (χ0v) is 16.4. The maximum atomic E-state index is 13.0. The van der Waals surface area contributed by atoms with Crippen molar-refractivity contribution in [3.05, 3.63) is 66.7 Å². The molecule has 0 spiro atoms. The zero-order valence-electron chi connectivity index (χ0n) is 16.4. The van der Waals surface area contributed by atoms with Crippen molar-refractivity contribution < 1.29 is 27.9 Å². The maximum Gasteiger partial charge on any atom is 0.416 e. The Morgan fingerprint density at radius 3 is 2.23 bits per heavy atom. The van der Waals surface area contributed by atoms with E-state index in [0.29, 0.717) is 12.2 Å². The molecule has 1 fully saturated rings. The van der Waals surface area contributed by atoms with Crippen LogP contribution in [0.3, 0.4) is 0 Å². The molecule has 2 aromatic rings. The highest BCUT2D eigenvalue weighted by Gasteiger charge is 2.43. The van der Waals surface area contributed by atoms with Crippen LogP contribution in [0.4, 0.5) is 30.2 Å². The Bertz CT molecular complexity index is 1020. The van der Waals surface area contributed by atoms with E-state index in [0.717, 1.165) is 29.6 Å². The number of carbonyl (C=O) groups excluding carboxylic acids is 1. The van der Waals surface area contributed by atoms with Crippen molar-refractivity contribution in [1.29, 1.82) is 0 Å². The number of fused-ring (bicyclic) bond motifs is 3. The van der Waals surface area contributed by atoms with Crippen molar-refractivity contribution in [2.45, 2.75) is 18.3 Å². The molecule has 2 atom stereocenters. The van der Waals surface area contributed by atoms with Crippen molar-refractivity contribution in [1.82, 2.24) is 4.90 Å². The summed E-state index contributed by atoms with van der Waals surface area (Å²) in [4.78, 5) is 29.2. The van der Waals surface area contributed by atoms with Gasteiger partial charge in [-0.25, -0.2) is 4.79 Å². The molecule has 0 bridgehead atoms. The number of carboxylic acid groups (broad SMARTS) is 1. The highest BCUT2D eigenvalue weighted by atomic mass is 19.4.